The number of hydrogen-bond acceptors (Lipinski definition) is 4. The first-order valence-electron chi connectivity index (χ1n) is 5.90. The second-order valence-corrected chi connectivity index (χ2v) is 4.63. The van der Waals surface area contributed by atoms with Crippen LogP contribution in [-0.2, 0) is 0 Å². The van der Waals surface area contributed by atoms with Gasteiger partial charge in [0.05, 0.1) is 11.6 Å². The lowest BCUT2D eigenvalue weighted by atomic mass is 10.2. The fraction of sp³-hybridized carbons (Fsp3) is 0.462. The summed E-state index contributed by atoms with van der Waals surface area (Å²) in [5, 5.41) is 4.47. The zero-order valence-corrected chi connectivity index (χ0v) is 10.6. The predicted octanol–water partition coefficient (Wildman–Crippen LogP) is 2.58. The van der Waals surface area contributed by atoms with Gasteiger partial charge in [-0.05, 0) is 46.1 Å². The van der Waals surface area contributed by atoms with Crippen LogP contribution in [0.25, 0.3) is 11.0 Å². The highest BCUT2D eigenvalue weighted by molar-refractivity contribution is 5.87. The van der Waals surface area contributed by atoms with Crippen LogP contribution in [0.4, 0.5) is 5.82 Å². The molecule has 4 nitrogen and oxygen atoms in total. The van der Waals surface area contributed by atoms with E-state index in [4.69, 9.17) is 4.42 Å². The van der Waals surface area contributed by atoms with E-state index >= 15 is 0 Å². The average molecular weight is 233 g/mol. The van der Waals surface area contributed by atoms with Crippen molar-refractivity contribution < 1.29 is 4.42 Å². The lowest BCUT2D eigenvalue weighted by Gasteiger charge is -2.17. The Morgan fingerprint density at radius 1 is 1.41 bits per heavy atom. The van der Waals surface area contributed by atoms with Gasteiger partial charge in [0.25, 0.3) is 0 Å². The molecule has 0 aromatic carbocycles. The number of fused-ring (bicyclic) bond motifs is 1. The maximum Gasteiger partial charge on any atom is 0.139 e. The van der Waals surface area contributed by atoms with E-state index in [1.54, 1.807) is 12.5 Å². The summed E-state index contributed by atoms with van der Waals surface area (Å²) in [6, 6.07) is 4.22. The van der Waals surface area contributed by atoms with Crippen LogP contribution in [-0.4, -0.2) is 36.6 Å². The number of furan rings is 1. The second-order valence-electron chi connectivity index (χ2n) is 4.63. The summed E-state index contributed by atoms with van der Waals surface area (Å²) < 4.78 is 5.35. The summed E-state index contributed by atoms with van der Waals surface area (Å²) in [7, 11) is 4.17. The van der Waals surface area contributed by atoms with Crippen LogP contribution in [0.3, 0.4) is 0 Å². The molecule has 2 aromatic heterocycles. The fourth-order valence-corrected chi connectivity index (χ4v) is 1.77. The van der Waals surface area contributed by atoms with Gasteiger partial charge in [-0.1, -0.05) is 0 Å². The molecule has 1 unspecified atom stereocenters. The SMILES string of the molecule is CC(CCN(C)C)Nc1nccc2occc12. The lowest BCUT2D eigenvalue weighted by Crippen LogP contribution is -2.23. The quantitative estimate of drug-likeness (QED) is 0.861. The largest absolute Gasteiger partial charge is 0.464 e. The molecule has 0 aliphatic carbocycles. The van der Waals surface area contributed by atoms with Crippen molar-refractivity contribution in [1.29, 1.82) is 0 Å². The summed E-state index contributed by atoms with van der Waals surface area (Å²) in [5.74, 6) is 0.905. The Kier molecular flexibility index (Phi) is 3.64. The van der Waals surface area contributed by atoms with Gasteiger partial charge in [0, 0.05) is 12.2 Å². The number of nitrogens with one attached hydrogen (secondary N) is 1. The minimum absolute atomic E-state index is 0.394. The van der Waals surface area contributed by atoms with Crippen molar-refractivity contribution in [2.24, 2.45) is 0 Å². The third-order valence-electron chi connectivity index (χ3n) is 2.77. The second kappa shape index (κ2) is 5.19. The average Bonchev–Trinajstić information content (AvgIpc) is 2.75. The number of hydrogen-bond donors (Lipinski definition) is 1. The predicted molar refractivity (Wildman–Crippen MR) is 70.3 cm³/mol. The summed E-state index contributed by atoms with van der Waals surface area (Å²) in [4.78, 5) is 6.55. The Morgan fingerprint density at radius 3 is 3.00 bits per heavy atom. The van der Waals surface area contributed by atoms with E-state index in [-0.39, 0.29) is 0 Å². The zero-order chi connectivity index (χ0) is 12.3. The Bertz CT molecular complexity index is 478. The Morgan fingerprint density at radius 2 is 2.24 bits per heavy atom. The molecule has 17 heavy (non-hydrogen) atoms. The third kappa shape index (κ3) is 2.97. The molecule has 2 heterocycles. The molecule has 2 rings (SSSR count). The molecule has 0 bridgehead atoms. The van der Waals surface area contributed by atoms with E-state index in [0.29, 0.717) is 6.04 Å². The molecule has 0 amide bonds. The Hall–Kier alpha value is -1.55. The molecule has 92 valence electrons. The van der Waals surface area contributed by atoms with Gasteiger partial charge in [-0.2, -0.15) is 0 Å². The van der Waals surface area contributed by atoms with Gasteiger partial charge >= 0.3 is 0 Å². The highest BCUT2D eigenvalue weighted by Crippen LogP contribution is 2.22. The van der Waals surface area contributed by atoms with Gasteiger partial charge in [0.2, 0.25) is 0 Å². The molecule has 0 saturated carbocycles. The van der Waals surface area contributed by atoms with Gasteiger partial charge in [-0.15, -0.1) is 0 Å². The molecular formula is C13H19N3O. The Balaban J connectivity index is 2.05. The number of aromatic nitrogens is 1. The number of anilines is 1. The smallest absolute Gasteiger partial charge is 0.139 e. The van der Waals surface area contributed by atoms with E-state index in [1.807, 2.05) is 12.1 Å². The minimum Gasteiger partial charge on any atom is -0.464 e. The molecule has 0 saturated heterocycles. The van der Waals surface area contributed by atoms with Crippen molar-refractivity contribution in [3.05, 3.63) is 24.6 Å². The number of rotatable bonds is 5. The van der Waals surface area contributed by atoms with E-state index < -0.39 is 0 Å². The first-order chi connectivity index (χ1) is 8.16. The first kappa shape index (κ1) is 11.9. The van der Waals surface area contributed by atoms with E-state index in [9.17, 15) is 0 Å². The van der Waals surface area contributed by atoms with Crippen molar-refractivity contribution in [2.45, 2.75) is 19.4 Å². The van der Waals surface area contributed by atoms with Crippen molar-refractivity contribution in [3.63, 3.8) is 0 Å². The molecule has 0 fully saturated rings. The van der Waals surface area contributed by atoms with Crippen LogP contribution in [0.5, 0.6) is 0 Å². The van der Waals surface area contributed by atoms with Gasteiger partial charge in [0.1, 0.15) is 11.4 Å². The lowest BCUT2D eigenvalue weighted by molar-refractivity contribution is 0.390. The topological polar surface area (TPSA) is 41.3 Å². The normalized spacial score (nSPS) is 13.2. The van der Waals surface area contributed by atoms with Crippen molar-refractivity contribution >= 4 is 16.8 Å². The Labute approximate surface area is 102 Å². The molecule has 4 heteroatoms. The number of pyridine rings is 1. The number of nitrogens with zero attached hydrogens (tertiary/aromatic N) is 2. The maximum absolute atomic E-state index is 5.35. The molecular weight excluding hydrogens is 214 g/mol. The van der Waals surface area contributed by atoms with Crippen LogP contribution < -0.4 is 5.32 Å². The van der Waals surface area contributed by atoms with Crippen molar-refractivity contribution in [2.75, 3.05) is 26.0 Å². The molecule has 0 radical (unpaired) electrons. The summed E-state index contributed by atoms with van der Waals surface area (Å²) in [6.07, 6.45) is 4.55. The third-order valence-corrected chi connectivity index (χ3v) is 2.77. The highest BCUT2D eigenvalue weighted by Gasteiger charge is 2.08. The molecule has 0 spiro atoms. The standard InChI is InChI=1S/C13H19N3O/c1-10(5-8-16(2)3)15-13-11-6-9-17-12(11)4-7-14-13/h4,6-7,9-10H,5,8H2,1-3H3,(H,14,15). The summed E-state index contributed by atoms with van der Waals surface area (Å²) in [6.45, 7) is 3.24. The van der Waals surface area contributed by atoms with E-state index in [1.165, 1.54) is 0 Å². The van der Waals surface area contributed by atoms with E-state index in [2.05, 4.69) is 36.2 Å². The fourth-order valence-electron chi connectivity index (χ4n) is 1.77. The van der Waals surface area contributed by atoms with Gasteiger partial charge in [-0.3, -0.25) is 0 Å². The summed E-state index contributed by atoms with van der Waals surface area (Å²) in [5.41, 5.74) is 0.877. The highest BCUT2D eigenvalue weighted by atomic mass is 16.3. The summed E-state index contributed by atoms with van der Waals surface area (Å²) >= 11 is 0. The van der Waals surface area contributed by atoms with Gasteiger partial charge in [0.15, 0.2) is 0 Å². The monoisotopic (exact) mass is 233 g/mol. The van der Waals surface area contributed by atoms with Gasteiger partial charge < -0.3 is 14.6 Å². The molecule has 0 aliphatic rings. The first-order valence-corrected chi connectivity index (χ1v) is 5.90. The van der Waals surface area contributed by atoms with Crippen LogP contribution in [0, 0.1) is 0 Å². The van der Waals surface area contributed by atoms with Crippen LogP contribution in [0.15, 0.2) is 29.0 Å². The molecule has 0 aliphatic heterocycles. The van der Waals surface area contributed by atoms with Crippen LogP contribution in [0.2, 0.25) is 0 Å². The van der Waals surface area contributed by atoms with E-state index in [0.717, 1.165) is 29.8 Å². The van der Waals surface area contributed by atoms with Crippen molar-refractivity contribution in [3.8, 4) is 0 Å². The molecule has 1 N–H and O–H groups in total. The maximum atomic E-state index is 5.35. The molecule has 2 aromatic rings. The molecule has 1 atom stereocenters. The van der Waals surface area contributed by atoms with Gasteiger partial charge in [-0.25, -0.2) is 4.98 Å². The van der Waals surface area contributed by atoms with Crippen LogP contribution >= 0.6 is 0 Å². The van der Waals surface area contributed by atoms with Crippen molar-refractivity contribution in [1.82, 2.24) is 9.88 Å². The minimum atomic E-state index is 0.394. The zero-order valence-electron chi connectivity index (χ0n) is 10.6. The van der Waals surface area contributed by atoms with Crippen LogP contribution in [0.1, 0.15) is 13.3 Å².